The highest BCUT2D eigenvalue weighted by molar-refractivity contribution is 7.90. The minimum Gasteiger partial charge on any atom is -0.348 e. The van der Waals surface area contributed by atoms with Crippen molar-refractivity contribution in [2.24, 2.45) is 0 Å². The summed E-state index contributed by atoms with van der Waals surface area (Å²) >= 11 is 0. The van der Waals surface area contributed by atoms with Gasteiger partial charge in [-0.25, -0.2) is 17.9 Å². The first-order valence-corrected chi connectivity index (χ1v) is 11.6. The Morgan fingerprint density at radius 1 is 1.00 bits per heavy atom. The summed E-state index contributed by atoms with van der Waals surface area (Å²) in [4.78, 5) is 12.7. The van der Waals surface area contributed by atoms with Crippen molar-refractivity contribution in [3.63, 3.8) is 0 Å². The molecule has 172 valence electrons. The van der Waals surface area contributed by atoms with E-state index in [4.69, 9.17) is 23.7 Å². The van der Waals surface area contributed by atoms with Crippen LogP contribution in [0, 0.1) is 6.92 Å². The lowest BCUT2D eigenvalue weighted by Gasteiger charge is -2.29. The maximum Gasteiger partial charge on any atom is 0.329 e. The maximum absolute atomic E-state index is 12.7. The molecule has 0 spiro atoms. The fourth-order valence-electron chi connectivity index (χ4n) is 3.97. The second-order valence-electron chi connectivity index (χ2n) is 8.85. The molecular formula is C20H28N2O8S. The van der Waals surface area contributed by atoms with Crippen molar-refractivity contribution in [1.29, 1.82) is 0 Å². The summed E-state index contributed by atoms with van der Waals surface area (Å²) in [7, 11) is -4.05. The number of carbonyl (C=O) groups is 1. The van der Waals surface area contributed by atoms with E-state index in [1.54, 1.807) is 39.8 Å². The van der Waals surface area contributed by atoms with Gasteiger partial charge in [0, 0.05) is 0 Å². The van der Waals surface area contributed by atoms with Gasteiger partial charge in [0.15, 0.2) is 17.9 Å². The van der Waals surface area contributed by atoms with Gasteiger partial charge in [0.1, 0.15) is 18.3 Å². The Labute approximate surface area is 181 Å². The molecule has 2 N–H and O–H groups in total. The third-order valence-corrected chi connectivity index (χ3v) is 6.69. The largest absolute Gasteiger partial charge is 0.348 e. The van der Waals surface area contributed by atoms with Gasteiger partial charge >= 0.3 is 6.03 Å². The van der Waals surface area contributed by atoms with Gasteiger partial charge in [-0.2, -0.15) is 0 Å². The summed E-state index contributed by atoms with van der Waals surface area (Å²) in [6.07, 6.45) is -2.51. The molecule has 11 heteroatoms. The summed E-state index contributed by atoms with van der Waals surface area (Å²) in [5, 5.41) is 2.68. The summed E-state index contributed by atoms with van der Waals surface area (Å²) < 4.78 is 56.4. The maximum atomic E-state index is 12.7. The van der Waals surface area contributed by atoms with Crippen LogP contribution in [0.25, 0.3) is 0 Å². The molecule has 0 radical (unpaired) electrons. The van der Waals surface area contributed by atoms with Gasteiger partial charge in [0.2, 0.25) is 0 Å². The quantitative estimate of drug-likeness (QED) is 0.697. The number of benzene rings is 1. The average Bonchev–Trinajstić information content (AvgIpc) is 3.25. The van der Waals surface area contributed by atoms with E-state index in [0.29, 0.717) is 0 Å². The second-order valence-corrected chi connectivity index (χ2v) is 10.5. The molecule has 4 rings (SSSR count). The predicted molar refractivity (Wildman–Crippen MR) is 107 cm³/mol. The second kappa shape index (κ2) is 7.68. The number of sulfonamides is 1. The third-order valence-electron chi connectivity index (χ3n) is 5.34. The molecule has 0 unspecified atom stereocenters. The molecule has 1 aromatic carbocycles. The zero-order valence-corrected chi connectivity index (χ0v) is 18.9. The van der Waals surface area contributed by atoms with Crippen LogP contribution in [0.5, 0.6) is 0 Å². The molecule has 3 saturated heterocycles. The lowest BCUT2D eigenvalue weighted by molar-refractivity contribution is -0.223. The molecule has 31 heavy (non-hydrogen) atoms. The molecule has 10 nitrogen and oxygen atoms in total. The Bertz CT molecular complexity index is 946. The first kappa shape index (κ1) is 22.4. The van der Waals surface area contributed by atoms with E-state index >= 15 is 0 Å². The number of amides is 2. The van der Waals surface area contributed by atoms with Gasteiger partial charge in [0.25, 0.3) is 10.0 Å². The van der Waals surface area contributed by atoms with E-state index in [9.17, 15) is 13.2 Å². The van der Waals surface area contributed by atoms with Crippen molar-refractivity contribution >= 4 is 16.1 Å². The van der Waals surface area contributed by atoms with Gasteiger partial charge < -0.3 is 29.0 Å². The van der Waals surface area contributed by atoms with Crippen molar-refractivity contribution in [2.75, 3.05) is 6.61 Å². The first-order valence-electron chi connectivity index (χ1n) is 10.1. The number of rotatable bonds is 4. The topological polar surface area (TPSA) is 121 Å². The number of ether oxygens (including phenoxy) is 5. The average molecular weight is 457 g/mol. The fourth-order valence-corrected chi connectivity index (χ4v) is 4.89. The van der Waals surface area contributed by atoms with Gasteiger partial charge in [-0.1, -0.05) is 17.7 Å². The van der Waals surface area contributed by atoms with Crippen LogP contribution >= 0.6 is 0 Å². The van der Waals surface area contributed by atoms with E-state index in [2.05, 4.69) is 5.32 Å². The van der Waals surface area contributed by atoms with Crippen LogP contribution in [0.2, 0.25) is 0 Å². The number of aryl methyl sites for hydroxylation is 1. The number of hydrogen-bond acceptors (Lipinski definition) is 8. The molecule has 0 saturated carbocycles. The molecule has 3 aliphatic rings. The lowest BCUT2D eigenvalue weighted by Crippen LogP contribution is -2.55. The molecule has 2 amide bonds. The molecule has 5 atom stereocenters. The van der Waals surface area contributed by atoms with Crippen LogP contribution in [0.3, 0.4) is 0 Å². The molecule has 0 aliphatic carbocycles. The highest BCUT2D eigenvalue weighted by Gasteiger charge is 2.58. The zero-order chi connectivity index (χ0) is 22.6. The van der Waals surface area contributed by atoms with E-state index in [1.165, 1.54) is 12.1 Å². The normalized spacial score (nSPS) is 33.8. The Balaban J connectivity index is 1.50. The monoisotopic (exact) mass is 456 g/mol. The molecular weight excluding hydrogens is 428 g/mol. The Morgan fingerprint density at radius 3 is 2.29 bits per heavy atom. The van der Waals surface area contributed by atoms with Crippen LogP contribution in [0.15, 0.2) is 29.2 Å². The molecule has 0 bridgehead atoms. The SMILES string of the molecule is Cc1ccc(S(=O)(=O)NC(=O)N[C@H]2[C@H]3OC(C)(C)O[C@H]3O[C@@H]2[C@H]2COC(C)(C)O2)cc1. The third kappa shape index (κ3) is 4.71. The molecule has 3 heterocycles. The van der Waals surface area contributed by atoms with Crippen molar-refractivity contribution < 1.29 is 36.9 Å². The van der Waals surface area contributed by atoms with Crippen LogP contribution in [0.1, 0.15) is 33.3 Å². The van der Waals surface area contributed by atoms with Gasteiger partial charge in [-0.3, -0.25) is 0 Å². The Kier molecular flexibility index (Phi) is 5.56. The minimum absolute atomic E-state index is 0.0128. The predicted octanol–water partition coefficient (Wildman–Crippen LogP) is 1.38. The highest BCUT2D eigenvalue weighted by Crippen LogP contribution is 2.40. The van der Waals surface area contributed by atoms with Crippen LogP contribution in [-0.2, 0) is 33.7 Å². The standard InChI is InChI=1S/C20H28N2O8S/c1-11-6-8-12(9-7-11)31(24,25)22-18(23)21-14-15(13-10-26-19(2,3)28-13)27-17-16(14)29-20(4,5)30-17/h6-9,13-17H,10H2,1-5H3,(H2,21,22,23)/t13-,14-,15-,16-,17-/m1/s1. The van der Waals surface area contributed by atoms with Crippen molar-refractivity contribution in [3.8, 4) is 0 Å². The number of hydrogen-bond donors (Lipinski definition) is 2. The van der Waals surface area contributed by atoms with Gasteiger partial charge in [-0.05, 0) is 46.8 Å². The van der Waals surface area contributed by atoms with Crippen LogP contribution in [-0.4, -0.2) is 63.3 Å². The van der Waals surface area contributed by atoms with Crippen LogP contribution < -0.4 is 10.0 Å². The summed E-state index contributed by atoms with van der Waals surface area (Å²) in [5.74, 6) is -1.70. The Morgan fingerprint density at radius 2 is 1.68 bits per heavy atom. The van der Waals surface area contributed by atoms with E-state index in [1.807, 2.05) is 11.6 Å². The van der Waals surface area contributed by atoms with Crippen molar-refractivity contribution in [2.45, 2.75) is 81.7 Å². The van der Waals surface area contributed by atoms with E-state index in [0.717, 1.165) is 5.56 Å². The van der Waals surface area contributed by atoms with Crippen molar-refractivity contribution in [1.82, 2.24) is 10.0 Å². The lowest BCUT2D eigenvalue weighted by atomic mass is 10.0. The summed E-state index contributed by atoms with van der Waals surface area (Å²) in [6, 6.07) is 4.56. The highest BCUT2D eigenvalue weighted by atomic mass is 32.2. The molecule has 3 fully saturated rings. The van der Waals surface area contributed by atoms with Crippen LogP contribution in [0.4, 0.5) is 4.79 Å². The zero-order valence-electron chi connectivity index (χ0n) is 18.1. The molecule has 1 aromatic rings. The van der Waals surface area contributed by atoms with Gasteiger partial charge in [0.05, 0.1) is 17.5 Å². The summed E-state index contributed by atoms with van der Waals surface area (Å²) in [6.45, 7) is 9.13. The fraction of sp³-hybridized carbons (Fsp3) is 0.650. The van der Waals surface area contributed by atoms with E-state index in [-0.39, 0.29) is 11.5 Å². The first-order chi connectivity index (χ1) is 14.4. The smallest absolute Gasteiger partial charge is 0.329 e. The van der Waals surface area contributed by atoms with Gasteiger partial charge in [-0.15, -0.1) is 0 Å². The number of carbonyl (C=O) groups excluding carboxylic acids is 1. The molecule has 0 aromatic heterocycles. The molecule has 3 aliphatic heterocycles. The Hall–Kier alpha value is -1.76. The van der Waals surface area contributed by atoms with E-state index < -0.39 is 58.3 Å². The number of urea groups is 1. The van der Waals surface area contributed by atoms with Crippen molar-refractivity contribution in [3.05, 3.63) is 29.8 Å². The minimum atomic E-state index is -4.05. The number of fused-ring (bicyclic) bond motifs is 1. The summed E-state index contributed by atoms with van der Waals surface area (Å²) in [5.41, 5.74) is 0.906. The number of nitrogens with one attached hydrogen (secondary N) is 2.